The van der Waals surface area contributed by atoms with Crippen LogP contribution in [-0.4, -0.2) is 64.0 Å². The molecule has 4 aromatic rings. The van der Waals surface area contributed by atoms with E-state index in [9.17, 15) is 23.2 Å². The SMILES string of the molecule is Cc1cc(F)c(C(=O)Nc2cccc(-c3nncn3C(C)CF)n2)cc1-n1cnc(C2CC2)c1.O=C(O)CCC(=O)O. The van der Waals surface area contributed by atoms with Gasteiger partial charge in [-0.1, -0.05) is 6.07 Å². The summed E-state index contributed by atoms with van der Waals surface area (Å²) in [6.07, 6.45) is 6.71. The number of halogens is 2. The molecule has 0 radical (unpaired) electrons. The Kier molecular flexibility index (Phi) is 9.35. The fraction of sp³-hybridized carbons (Fsp3) is 0.321. The van der Waals surface area contributed by atoms with Crippen LogP contribution in [0.15, 0.2) is 49.2 Å². The minimum atomic E-state index is -1.08. The van der Waals surface area contributed by atoms with Gasteiger partial charge in [0.05, 0.1) is 42.2 Å². The van der Waals surface area contributed by atoms with Crippen molar-refractivity contribution in [3.63, 3.8) is 0 Å². The van der Waals surface area contributed by atoms with E-state index in [1.807, 2.05) is 10.8 Å². The second-order valence-electron chi connectivity index (χ2n) is 9.81. The maximum absolute atomic E-state index is 14.8. The Morgan fingerprint density at radius 1 is 1.12 bits per heavy atom. The van der Waals surface area contributed by atoms with Crippen LogP contribution in [0.3, 0.4) is 0 Å². The molecule has 3 N–H and O–H groups in total. The monoisotopic (exact) mass is 581 g/mol. The Morgan fingerprint density at radius 2 is 1.83 bits per heavy atom. The molecule has 3 aromatic heterocycles. The highest BCUT2D eigenvalue weighted by atomic mass is 19.1. The van der Waals surface area contributed by atoms with Crippen LogP contribution in [-0.2, 0) is 9.59 Å². The summed E-state index contributed by atoms with van der Waals surface area (Å²) >= 11 is 0. The first kappa shape index (κ1) is 30.0. The number of amides is 1. The topological polar surface area (TPSA) is 165 Å². The number of pyridine rings is 1. The summed E-state index contributed by atoms with van der Waals surface area (Å²) in [7, 11) is 0. The number of nitrogens with zero attached hydrogens (tertiary/aromatic N) is 6. The molecule has 12 nitrogen and oxygen atoms in total. The highest BCUT2D eigenvalue weighted by molar-refractivity contribution is 6.04. The van der Waals surface area contributed by atoms with Gasteiger partial charge in [0.15, 0.2) is 5.82 Å². The van der Waals surface area contributed by atoms with E-state index in [4.69, 9.17) is 10.2 Å². The molecule has 1 atom stereocenters. The zero-order chi connectivity index (χ0) is 30.4. The smallest absolute Gasteiger partial charge is 0.303 e. The lowest BCUT2D eigenvalue weighted by molar-refractivity contribution is -0.143. The number of carbonyl (C=O) groups is 3. The summed E-state index contributed by atoms with van der Waals surface area (Å²) in [5.41, 5.74) is 2.68. The number of alkyl halides is 1. The van der Waals surface area contributed by atoms with Gasteiger partial charge in [-0.3, -0.25) is 14.4 Å². The zero-order valence-electron chi connectivity index (χ0n) is 22.9. The molecule has 3 heterocycles. The first-order valence-corrected chi connectivity index (χ1v) is 13.1. The molecule has 0 saturated heterocycles. The molecule has 1 unspecified atom stereocenters. The fourth-order valence-electron chi connectivity index (χ4n) is 4.02. The Labute approximate surface area is 239 Å². The molecule has 1 fully saturated rings. The van der Waals surface area contributed by atoms with Crippen LogP contribution < -0.4 is 5.32 Å². The molecule has 220 valence electrons. The van der Waals surface area contributed by atoms with Gasteiger partial charge >= 0.3 is 11.9 Å². The van der Waals surface area contributed by atoms with E-state index in [0.29, 0.717) is 28.7 Å². The van der Waals surface area contributed by atoms with E-state index >= 15 is 0 Å². The summed E-state index contributed by atoms with van der Waals surface area (Å²) in [5.74, 6) is -2.35. The number of imidazole rings is 1. The molecule has 1 amide bonds. The Hall–Kier alpha value is -5.01. The number of carbonyl (C=O) groups excluding carboxylic acids is 1. The molecule has 42 heavy (non-hydrogen) atoms. The highest BCUT2D eigenvalue weighted by Crippen LogP contribution is 2.39. The number of benzene rings is 1. The number of aromatic nitrogens is 6. The number of nitrogens with one attached hydrogen (secondary N) is 1. The summed E-state index contributed by atoms with van der Waals surface area (Å²) in [6, 6.07) is 7.34. The third kappa shape index (κ3) is 7.38. The number of anilines is 1. The van der Waals surface area contributed by atoms with Crippen molar-refractivity contribution in [3.8, 4) is 17.2 Å². The minimum absolute atomic E-state index is 0.108. The van der Waals surface area contributed by atoms with E-state index in [1.54, 1.807) is 42.9 Å². The number of hydrogen-bond donors (Lipinski definition) is 3. The lowest BCUT2D eigenvalue weighted by Gasteiger charge is -2.13. The van der Waals surface area contributed by atoms with Crippen molar-refractivity contribution >= 4 is 23.7 Å². The van der Waals surface area contributed by atoms with Gasteiger partial charge < -0.3 is 24.7 Å². The van der Waals surface area contributed by atoms with Crippen LogP contribution in [0.25, 0.3) is 17.2 Å². The van der Waals surface area contributed by atoms with E-state index < -0.39 is 36.4 Å². The van der Waals surface area contributed by atoms with Crippen LogP contribution in [0.5, 0.6) is 0 Å². The Balaban J connectivity index is 0.000000446. The highest BCUT2D eigenvalue weighted by Gasteiger charge is 2.26. The van der Waals surface area contributed by atoms with Crippen molar-refractivity contribution in [1.29, 1.82) is 0 Å². The zero-order valence-corrected chi connectivity index (χ0v) is 22.9. The maximum atomic E-state index is 14.8. The average Bonchev–Trinajstić information content (AvgIpc) is 3.47. The third-order valence-corrected chi connectivity index (χ3v) is 6.45. The van der Waals surface area contributed by atoms with Crippen molar-refractivity contribution in [3.05, 3.63) is 71.8 Å². The minimum Gasteiger partial charge on any atom is -0.481 e. The van der Waals surface area contributed by atoms with E-state index in [0.717, 1.165) is 18.5 Å². The van der Waals surface area contributed by atoms with Gasteiger partial charge in [-0.15, -0.1) is 10.2 Å². The van der Waals surface area contributed by atoms with Gasteiger partial charge in [-0.2, -0.15) is 0 Å². The molecule has 5 rings (SSSR count). The van der Waals surface area contributed by atoms with Gasteiger partial charge in [0.2, 0.25) is 0 Å². The van der Waals surface area contributed by atoms with Gasteiger partial charge in [0.1, 0.15) is 30.3 Å². The van der Waals surface area contributed by atoms with E-state index in [-0.39, 0.29) is 24.2 Å². The number of carboxylic acids is 2. The second-order valence-corrected chi connectivity index (χ2v) is 9.81. The van der Waals surface area contributed by atoms with Crippen molar-refractivity contribution in [2.75, 3.05) is 12.0 Å². The largest absolute Gasteiger partial charge is 0.481 e. The molecule has 1 aromatic carbocycles. The van der Waals surface area contributed by atoms with E-state index in [2.05, 4.69) is 25.5 Å². The van der Waals surface area contributed by atoms with Gasteiger partial charge in [0, 0.05) is 12.1 Å². The first-order valence-electron chi connectivity index (χ1n) is 13.1. The molecule has 1 aliphatic carbocycles. The second kappa shape index (κ2) is 13.1. The first-order chi connectivity index (χ1) is 20.1. The van der Waals surface area contributed by atoms with Crippen LogP contribution in [0, 0.1) is 12.7 Å². The predicted octanol–water partition coefficient (Wildman–Crippen LogP) is 4.57. The van der Waals surface area contributed by atoms with Gasteiger partial charge in [0.25, 0.3) is 5.91 Å². The quantitative estimate of drug-likeness (QED) is 0.243. The Morgan fingerprint density at radius 3 is 2.48 bits per heavy atom. The average molecular weight is 582 g/mol. The number of hydrogen-bond acceptors (Lipinski definition) is 7. The van der Waals surface area contributed by atoms with Crippen LogP contribution in [0.2, 0.25) is 0 Å². The third-order valence-electron chi connectivity index (χ3n) is 6.45. The fourth-order valence-corrected chi connectivity index (χ4v) is 4.02. The lowest BCUT2D eigenvalue weighted by atomic mass is 10.1. The van der Waals surface area contributed by atoms with Crippen molar-refractivity contribution < 1.29 is 33.4 Å². The van der Waals surface area contributed by atoms with Crippen molar-refractivity contribution in [2.24, 2.45) is 0 Å². The van der Waals surface area contributed by atoms with Gasteiger partial charge in [-0.25, -0.2) is 18.7 Å². The van der Waals surface area contributed by atoms with Crippen LogP contribution in [0.4, 0.5) is 14.6 Å². The normalized spacial score (nSPS) is 13.1. The van der Waals surface area contributed by atoms with Crippen LogP contribution >= 0.6 is 0 Å². The lowest BCUT2D eigenvalue weighted by Crippen LogP contribution is -2.16. The molecule has 0 bridgehead atoms. The molecule has 0 spiro atoms. The molecule has 0 aliphatic heterocycles. The van der Waals surface area contributed by atoms with E-state index in [1.165, 1.54) is 18.5 Å². The summed E-state index contributed by atoms with van der Waals surface area (Å²) < 4.78 is 31.3. The molecular weight excluding hydrogens is 552 g/mol. The predicted molar refractivity (Wildman–Crippen MR) is 147 cm³/mol. The van der Waals surface area contributed by atoms with Crippen molar-refractivity contribution in [1.82, 2.24) is 29.3 Å². The molecular formula is C28H29F2N7O5. The molecule has 14 heteroatoms. The number of carboxylic acid groups (broad SMARTS) is 2. The number of rotatable bonds is 10. The van der Waals surface area contributed by atoms with Crippen LogP contribution in [0.1, 0.15) is 66.2 Å². The summed E-state index contributed by atoms with van der Waals surface area (Å²) in [6.45, 7) is 2.90. The van der Waals surface area contributed by atoms with Crippen molar-refractivity contribution in [2.45, 2.75) is 51.5 Å². The Bertz CT molecular complexity index is 1580. The van der Waals surface area contributed by atoms with Gasteiger partial charge in [-0.05, 0) is 56.5 Å². The number of aliphatic carboxylic acids is 2. The maximum Gasteiger partial charge on any atom is 0.303 e. The number of aryl methyl sites for hydroxylation is 1. The molecule has 1 saturated carbocycles. The molecule has 1 aliphatic rings. The standard InChI is InChI=1S/C24H23F2N7O.C4H6O4/c1-14-8-18(26)17(9-21(14)32-11-20(27-12-32)16-6-7-16)24(34)30-22-5-3-4-19(29-22)23-31-28-13-33(23)15(2)10-25;5-3(6)1-2-4(7)8/h3-5,8-9,11-13,15-16H,6-7,10H2,1-2H3,(H,29,30,34);1-2H2,(H,5,6)(H,7,8). The summed E-state index contributed by atoms with van der Waals surface area (Å²) in [5, 5.41) is 26.3. The summed E-state index contributed by atoms with van der Waals surface area (Å²) in [4.78, 5) is 41.1.